The first-order chi connectivity index (χ1) is 9.61. The highest BCUT2D eigenvalue weighted by Crippen LogP contribution is 2.41. The van der Waals surface area contributed by atoms with Gasteiger partial charge in [0.1, 0.15) is 10.7 Å². The Bertz CT molecular complexity index is 632. The molecule has 0 saturated heterocycles. The molecular formula is C15H15FN2OS. The number of thiazole rings is 1. The molecule has 0 radical (unpaired) electrons. The first-order valence-corrected chi connectivity index (χ1v) is 7.47. The average Bonchev–Trinajstić information content (AvgIpc) is 2.81. The fourth-order valence-electron chi connectivity index (χ4n) is 2.58. The highest BCUT2D eigenvalue weighted by molar-refractivity contribution is 7.11. The van der Waals surface area contributed by atoms with Gasteiger partial charge in [0.2, 0.25) is 0 Å². The number of halogens is 1. The number of benzene rings is 1. The number of nitrogens with zero attached hydrogens (tertiary/aromatic N) is 1. The van der Waals surface area contributed by atoms with Crippen molar-refractivity contribution in [3.05, 3.63) is 51.7 Å². The number of aromatic nitrogens is 1. The molecule has 1 amide bonds. The van der Waals surface area contributed by atoms with E-state index in [4.69, 9.17) is 0 Å². The van der Waals surface area contributed by atoms with E-state index in [1.54, 1.807) is 17.6 Å². The molecule has 1 aliphatic rings. The second-order valence-electron chi connectivity index (χ2n) is 5.16. The standard InChI is InChI=1S/C15H15FN2OS/c1-10-13(20-9-17-10)14(19)18-15(7-2-8-15)11-3-5-12(16)6-4-11/h3-6,9H,2,7-8H2,1H3,(H,18,19). The van der Waals surface area contributed by atoms with Gasteiger partial charge >= 0.3 is 0 Å². The van der Waals surface area contributed by atoms with Crippen molar-refractivity contribution in [3.63, 3.8) is 0 Å². The molecular weight excluding hydrogens is 275 g/mol. The highest BCUT2D eigenvalue weighted by atomic mass is 32.1. The summed E-state index contributed by atoms with van der Waals surface area (Å²) in [7, 11) is 0. The third kappa shape index (κ3) is 2.22. The first kappa shape index (κ1) is 13.2. The monoisotopic (exact) mass is 290 g/mol. The molecule has 1 N–H and O–H groups in total. The van der Waals surface area contributed by atoms with Crippen LogP contribution in [0.4, 0.5) is 4.39 Å². The third-order valence-corrected chi connectivity index (χ3v) is 4.84. The molecule has 1 aromatic carbocycles. The molecule has 0 unspecified atom stereocenters. The van der Waals surface area contributed by atoms with E-state index in [1.165, 1.54) is 23.5 Å². The molecule has 1 aliphatic carbocycles. The molecule has 3 nitrogen and oxygen atoms in total. The lowest BCUT2D eigenvalue weighted by atomic mass is 9.71. The molecule has 0 spiro atoms. The van der Waals surface area contributed by atoms with Gasteiger partial charge in [-0.3, -0.25) is 4.79 Å². The Morgan fingerprint density at radius 2 is 2.05 bits per heavy atom. The van der Waals surface area contributed by atoms with Crippen LogP contribution < -0.4 is 5.32 Å². The number of hydrogen-bond acceptors (Lipinski definition) is 3. The minimum Gasteiger partial charge on any atom is -0.342 e. The van der Waals surface area contributed by atoms with Crippen molar-refractivity contribution in [2.45, 2.75) is 31.7 Å². The topological polar surface area (TPSA) is 42.0 Å². The minimum absolute atomic E-state index is 0.0889. The summed E-state index contributed by atoms with van der Waals surface area (Å²) in [6, 6.07) is 6.40. The number of carbonyl (C=O) groups excluding carboxylic acids is 1. The number of amides is 1. The van der Waals surface area contributed by atoms with Crippen molar-refractivity contribution in [2.24, 2.45) is 0 Å². The Kier molecular flexibility index (Phi) is 3.30. The summed E-state index contributed by atoms with van der Waals surface area (Å²) < 4.78 is 13.0. The normalized spacial score (nSPS) is 16.5. The number of nitrogens with one attached hydrogen (secondary N) is 1. The molecule has 0 bridgehead atoms. The van der Waals surface area contributed by atoms with Crippen LogP contribution >= 0.6 is 11.3 Å². The predicted molar refractivity (Wildman–Crippen MR) is 76.2 cm³/mol. The van der Waals surface area contributed by atoms with Gasteiger partial charge in [-0.2, -0.15) is 0 Å². The fourth-order valence-corrected chi connectivity index (χ4v) is 3.28. The summed E-state index contributed by atoms with van der Waals surface area (Å²) in [4.78, 5) is 17.1. The molecule has 1 aromatic heterocycles. The lowest BCUT2D eigenvalue weighted by molar-refractivity contribution is 0.0827. The number of aryl methyl sites for hydroxylation is 1. The maximum Gasteiger partial charge on any atom is 0.263 e. The van der Waals surface area contributed by atoms with Crippen molar-refractivity contribution in [3.8, 4) is 0 Å². The molecule has 5 heteroatoms. The van der Waals surface area contributed by atoms with E-state index in [0.29, 0.717) is 4.88 Å². The lowest BCUT2D eigenvalue weighted by Gasteiger charge is -2.43. The second-order valence-corrected chi connectivity index (χ2v) is 6.02. The summed E-state index contributed by atoms with van der Waals surface area (Å²) in [6.45, 7) is 1.83. The van der Waals surface area contributed by atoms with Crippen molar-refractivity contribution >= 4 is 17.2 Å². The van der Waals surface area contributed by atoms with Crippen LogP contribution in [0.5, 0.6) is 0 Å². The minimum atomic E-state index is -0.346. The van der Waals surface area contributed by atoms with E-state index in [0.717, 1.165) is 30.5 Å². The summed E-state index contributed by atoms with van der Waals surface area (Å²) in [5.41, 5.74) is 3.05. The van der Waals surface area contributed by atoms with Crippen molar-refractivity contribution in [1.82, 2.24) is 10.3 Å². The van der Waals surface area contributed by atoms with Crippen LogP contribution in [-0.2, 0) is 5.54 Å². The van der Waals surface area contributed by atoms with Crippen LogP contribution in [0.15, 0.2) is 29.8 Å². The number of hydrogen-bond donors (Lipinski definition) is 1. The van der Waals surface area contributed by atoms with Gasteiger partial charge in [-0.15, -0.1) is 11.3 Å². The highest BCUT2D eigenvalue weighted by Gasteiger charge is 2.40. The molecule has 3 rings (SSSR count). The molecule has 2 aromatic rings. The van der Waals surface area contributed by atoms with Gasteiger partial charge in [0.25, 0.3) is 5.91 Å². The van der Waals surface area contributed by atoms with Crippen molar-refractivity contribution < 1.29 is 9.18 Å². The molecule has 20 heavy (non-hydrogen) atoms. The summed E-state index contributed by atoms with van der Waals surface area (Å²) >= 11 is 1.35. The lowest BCUT2D eigenvalue weighted by Crippen LogP contribution is -2.50. The number of rotatable bonds is 3. The largest absolute Gasteiger partial charge is 0.342 e. The van der Waals surface area contributed by atoms with E-state index >= 15 is 0 Å². The molecule has 104 valence electrons. The van der Waals surface area contributed by atoms with E-state index in [9.17, 15) is 9.18 Å². The van der Waals surface area contributed by atoms with Crippen LogP contribution in [0.3, 0.4) is 0 Å². The first-order valence-electron chi connectivity index (χ1n) is 6.59. The zero-order chi connectivity index (χ0) is 14.2. The van der Waals surface area contributed by atoms with Crippen LogP contribution in [-0.4, -0.2) is 10.9 Å². The molecule has 1 fully saturated rings. The zero-order valence-corrected chi connectivity index (χ0v) is 12.0. The number of carbonyl (C=O) groups is 1. The van der Waals surface area contributed by atoms with Crippen LogP contribution in [0, 0.1) is 12.7 Å². The van der Waals surface area contributed by atoms with Crippen LogP contribution in [0.2, 0.25) is 0 Å². The van der Waals surface area contributed by atoms with Crippen molar-refractivity contribution in [1.29, 1.82) is 0 Å². The SMILES string of the molecule is Cc1ncsc1C(=O)NC1(c2ccc(F)cc2)CCC1. The molecule has 1 saturated carbocycles. The quantitative estimate of drug-likeness (QED) is 0.941. The van der Waals surface area contributed by atoms with Gasteiger partial charge in [0.05, 0.1) is 16.7 Å². The van der Waals surface area contributed by atoms with Gasteiger partial charge in [-0.05, 0) is 43.9 Å². The predicted octanol–water partition coefficient (Wildman–Crippen LogP) is 3.40. The van der Waals surface area contributed by atoms with Crippen molar-refractivity contribution in [2.75, 3.05) is 0 Å². The maximum atomic E-state index is 13.0. The van der Waals surface area contributed by atoms with E-state index < -0.39 is 0 Å². The third-order valence-electron chi connectivity index (χ3n) is 3.91. The van der Waals surface area contributed by atoms with Gasteiger partial charge in [-0.25, -0.2) is 9.37 Å². The summed E-state index contributed by atoms with van der Waals surface area (Å²) in [5, 5.41) is 3.12. The molecule has 0 atom stereocenters. The zero-order valence-electron chi connectivity index (χ0n) is 11.1. The van der Waals surface area contributed by atoms with Gasteiger partial charge < -0.3 is 5.32 Å². The van der Waals surface area contributed by atoms with Crippen LogP contribution in [0.1, 0.15) is 40.2 Å². The van der Waals surface area contributed by atoms with Gasteiger partial charge in [0.15, 0.2) is 0 Å². The fraction of sp³-hybridized carbons (Fsp3) is 0.333. The average molecular weight is 290 g/mol. The Labute approximate surface area is 120 Å². The van der Waals surface area contributed by atoms with E-state index in [-0.39, 0.29) is 17.3 Å². The van der Waals surface area contributed by atoms with E-state index in [2.05, 4.69) is 10.3 Å². The molecule has 1 heterocycles. The second kappa shape index (κ2) is 4.98. The smallest absolute Gasteiger partial charge is 0.263 e. The van der Waals surface area contributed by atoms with Crippen LogP contribution in [0.25, 0.3) is 0 Å². The Morgan fingerprint density at radius 1 is 1.35 bits per heavy atom. The Balaban J connectivity index is 1.85. The Morgan fingerprint density at radius 3 is 2.55 bits per heavy atom. The summed E-state index contributed by atoms with van der Waals surface area (Å²) in [6.07, 6.45) is 2.85. The van der Waals surface area contributed by atoms with E-state index in [1.807, 2.05) is 6.92 Å². The van der Waals surface area contributed by atoms with Gasteiger partial charge in [0, 0.05) is 0 Å². The van der Waals surface area contributed by atoms with Gasteiger partial charge in [-0.1, -0.05) is 12.1 Å². The molecule has 0 aliphatic heterocycles. The summed E-state index contributed by atoms with van der Waals surface area (Å²) in [5.74, 6) is -0.345. The Hall–Kier alpha value is -1.75. The maximum absolute atomic E-state index is 13.0.